The number of aryl methyl sites for hydroxylation is 1. The van der Waals surface area contributed by atoms with E-state index in [1.54, 1.807) is 11.0 Å². The van der Waals surface area contributed by atoms with Crippen LogP contribution in [0.4, 0.5) is 0 Å². The number of benzene rings is 1. The fraction of sp³-hybridized carbons (Fsp3) is 0.565. The van der Waals surface area contributed by atoms with Crippen molar-refractivity contribution in [1.82, 2.24) is 24.5 Å². The number of piperidine rings is 1. The molecule has 1 unspecified atom stereocenters. The Bertz CT molecular complexity index is 1020. The molecule has 1 aromatic carbocycles. The predicted molar refractivity (Wildman–Crippen MR) is 119 cm³/mol. The lowest BCUT2D eigenvalue weighted by atomic mass is 10.1. The maximum atomic E-state index is 12.9. The third kappa shape index (κ3) is 4.49. The molecule has 2 saturated heterocycles. The number of carbonyl (C=O) groups is 2. The largest absolute Gasteiger partial charge is 0.341 e. The first-order valence-electron chi connectivity index (χ1n) is 11.2. The van der Waals surface area contributed by atoms with Crippen molar-refractivity contribution in [3.05, 3.63) is 40.3 Å². The molecule has 0 aliphatic carbocycles. The third-order valence-electron chi connectivity index (χ3n) is 6.58. The number of hydrogen-bond acceptors (Lipinski definition) is 5. The van der Waals surface area contributed by atoms with Crippen LogP contribution in [0, 0.1) is 6.92 Å². The summed E-state index contributed by atoms with van der Waals surface area (Å²) in [6.07, 6.45) is 3.37. The highest BCUT2D eigenvalue weighted by Crippen LogP contribution is 2.15. The minimum atomic E-state index is -0.242. The zero-order valence-corrected chi connectivity index (χ0v) is 18.4. The Morgan fingerprint density at radius 1 is 0.935 bits per heavy atom. The van der Waals surface area contributed by atoms with E-state index in [4.69, 9.17) is 0 Å². The van der Waals surface area contributed by atoms with Crippen molar-refractivity contribution < 1.29 is 9.59 Å². The zero-order valence-electron chi connectivity index (χ0n) is 18.4. The molecule has 0 radical (unpaired) electrons. The Labute approximate surface area is 182 Å². The van der Waals surface area contributed by atoms with Gasteiger partial charge in [0.1, 0.15) is 6.54 Å². The zero-order chi connectivity index (χ0) is 22.0. The number of carbonyl (C=O) groups excluding carboxylic acids is 2. The van der Waals surface area contributed by atoms with E-state index in [9.17, 15) is 14.4 Å². The number of likely N-dealkylation sites (tertiary alicyclic amines) is 1. The Balaban J connectivity index is 1.36. The topological polar surface area (TPSA) is 78.8 Å². The highest BCUT2D eigenvalue weighted by atomic mass is 16.2. The summed E-state index contributed by atoms with van der Waals surface area (Å²) in [7, 11) is 0. The molecule has 1 aromatic heterocycles. The van der Waals surface area contributed by atoms with Crippen molar-refractivity contribution in [2.45, 2.75) is 45.7 Å². The Hall–Kier alpha value is -2.74. The molecule has 1 atom stereocenters. The average molecular weight is 426 g/mol. The number of fused-ring (bicyclic) bond motifs is 1. The van der Waals surface area contributed by atoms with E-state index in [-0.39, 0.29) is 30.0 Å². The molecule has 3 heterocycles. The summed E-state index contributed by atoms with van der Waals surface area (Å²) < 4.78 is 1.27. The van der Waals surface area contributed by atoms with Gasteiger partial charge in [-0.2, -0.15) is 5.10 Å². The summed E-state index contributed by atoms with van der Waals surface area (Å²) in [6.45, 7) is 7.89. The molecule has 0 bridgehead atoms. The molecule has 4 rings (SSSR count). The van der Waals surface area contributed by atoms with Gasteiger partial charge < -0.3 is 9.80 Å². The number of amides is 2. The number of piperazine rings is 1. The number of nitrogens with zero attached hydrogens (tertiary/aromatic N) is 5. The van der Waals surface area contributed by atoms with Gasteiger partial charge >= 0.3 is 0 Å². The van der Waals surface area contributed by atoms with E-state index in [2.05, 4.69) is 10.00 Å². The fourth-order valence-electron chi connectivity index (χ4n) is 4.63. The van der Waals surface area contributed by atoms with E-state index >= 15 is 0 Å². The summed E-state index contributed by atoms with van der Waals surface area (Å²) in [4.78, 5) is 44.3. The second-order valence-electron chi connectivity index (χ2n) is 8.57. The molecule has 8 nitrogen and oxygen atoms in total. The Morgan fingerprint density at radius 2 is 1.58 bits per heavy atom. The van der Waals surface area contributed by atoms with E-state index in [1.165, 1.54) is 11.1 Å². The lowest BCUT2D eigenvalue weighted by Gasteiger charge is -2.39. The van der Waals surface area contributed by atoms with Crippen LogP contribution in [0.2, 0.25) is 0 Å². The SMILES string of the molecule is Cc1nn(CC(=O)N2CCN(C(C)C(=O)N3CCCCC3)CC2)c(=O)c2ccccc12. The van der Waals surface area contributed by atoms with Gasteiger partial charge in [0, 0.05) is 44.7 Å². The molecule has 0 spiro atoms. The van der Waals surface area contributed by atoms with E-state index in [0.717, 1.165) is 37.0 Å². The smallest absolute Gasteiger partial charge is 0.275 e. The van der Waals surface area contributed by atoms with Gasteiger partial charge in [-0.25, -0.2) is 4.68 Å². The van der Waals surface area contributed by atoms with Gasteiger partial charge in [0.15, 0.2) is 0 Å². The highest BCUT2D eigenvalue weighted by Gasteiger charge is 2.30. The van der Waals surface area contributed by atoms with E-state index < -0.39 is 0 Å². The maximum absolute atomic E-state index is 12.9. The van der Waals surface area contributed by atoms with Crippen LogP contribution in [0.5, 0.6) is 0 Å². The molecule has 2 aliphatic heterocycles. The lowest BCUT2D eigenvalue weighted by molar-refractivity contribution is -0.139. The molecule has 2 fully saturated rings. The molecule has 2 aliphatic rings. The first-order chi connectivity index (χ1) is 15.0. The van der Waals surface area contributed by atoms with Crippen LogP contribution in [0.15, 0.2) is 29.1 Å². The molecular formula is C23H31N5O3. The van der Waals surface area contributed by atoms with Gasteiger partial charge in [0.2, 0.25) is 11.8 Å². The van der Waals surface area contributed by atoms with Gasteiger partial charge in [0.05, 0.1) is 17.1 Å². The van der Waals surface area contributed by atoms with Crippen LogP contribution in [0.3, 0.4) is 0 Å². The number of hydrogen-bond donors (Lipinski definition) is 0. The summed E-state index contributed by atoms with van der Waals surface area (Å²) in [6, 6.07) is 7.18. The first-order valence-corrected chi connectivity index (χ1v) is 11.2. The molecular weight excluding hydrogens is 394 g/mol. The summed E-state index contributed by atoms with van der Waals surface area (Å²) in [5, 5.41) is 5.75. The normalized spacial score (nSPS) is 18.9. The molecule has 0 saturated carbocycles. The average Bonchev–Trinajstić information content (AvgIpc) is 2.82. The molecule has 31 heavy (non-hydrogen) atoms. The van der Waals surface area contributed by atoms with Crippen molar-refractivity contribution in [1.29, 1.82) is 0 Å². The summed E-state index contributed by atoms with van der Waals surface area (Å²) >= 11 is 0. The van der Waals surface area contributed by atoms with Crippen molar-refractivity contribution in [2.24, 2.45) is 0 Å². The monoisotopic (exact) mass is 425 g/mol. The van der Waals surface area contributed by atoms with Crippen molar-refractivity contribution >= 4 is 22.6 Å². The van der Waals surface area contributed by atoms with Crippen molar-refractivity contribution in [2.75, 3.05) is 39.3 Å². The van der Waals surface area contributed by atoms with Gasteiger partial charge in [-0.05, 0) is 39.2 Å². The Kier molecular flexibility index (Phi) is 6.36. The molecule has 8 heteroatoms. The lowest BCUT2D eigenvalue weighted by Crippen LogP contribution is -2.56. The highest BCUT2D eigenvalue weighted by molar-refractivity contribution is 5.84. The quantitative estimate of drug-likeness (QED) is 0.737. The van der Waals surface area contributed by atoms with Gasteiger partial charge in [-0.1, -0.05) is 18.2 Å². The van der Waals surface area contributed by atoms with Gasteiger partial charge in [0.25, 0.3) is 5.56 Å². The molecule has 2 aromatic rings. The van der Waals surface area contributed by atoms with Crippen LogP contribution in [0.1, 0.15) is 31.9 Å². The van der Waals surface area contributed by atoms with Gasteiger partial charge in [-0.15, -0.1) is 0 Å². The standard InChI is InChI=1S/C23H31N5O3/c1-17-19-8-4-5-9-20(19)23(31)28(24-17)16-21(29)26-14-12-25(13-15-26)18(2)22(30)27-10-6-3-7-11-27/h4-5,8-9,18H,3,6-7,10-16H2,1-2H3. The second-order valence-corrected chi connectivity index (χ2v) is 8.57. The van der Waals surface area contributed by atoms with E-state index in [0.29, 0.717) is 31.6 Å². The van der Waals surface area contributed by atoms with Crippen LogP contribution in [-0.4, -0.2) is 81.6 Å². The van der Waals surface area contributed by atoms with Crippen LogP contribution in [-0.2, 0) is 16.1 Å². The molecule has 0 N–H and O–H groups in total. The van der Waals surface area contributed by atoms with Crippen molar-refractivity contribution in [3.8, 4) is 0 Å². The number of rotatable bonds is 4. The maximum Gasteiger partial charge on any atom is 0.275 e. The van der Waals surface area contributed by atoms with E-state index in [1.807, 2.05) is 36.9 Å². The Morgan fingerprint density at radius 3 is 2.26 bits per heavy atom. The second kappa shape index (κ2) is 9.18. The van der Waals surface area contributed by atoms with Gasteiger partial charge in [-0.3, -0.25) is 19.3 Å². The predicted octanol–water partition coefficient (Wildman–Crippen LogP) is 1.25. The van der Waals surface area contributed by atoms with Crippen LogP contribution < -0.4 is 5.56 Å². The minimum absolute atomic E-state index is 0.0627. The first kappa shape index (κ1) is 21.5. The minimum Gasteiger partial charge on any atom is -0.341 e. The molecule has 166 valence electrons. The van der Waals surface area contributed by atoms with Crippen LogP contribution in [0.25, 0.3) is 10.8 Å². The molecule has 2 amide bonds. The van der Waals surface area contributed by atoms with Crippen LogP contribution >= 0.6 is 0 Å². The number of aromatic nitrogens is 2. The summed E-state index contributed by atoms with van der Waals surface area (Å²) in [5.74, 6) is 0.0841. The summed E-state index contributed by atoms with van der Waals surface area (Å²) in [5.41, 5.74) is 0.492. The fourth-order valence-corrected chi connectivity index (χ4v) is 4.63. The third-order valence-corrected chi connectivity index (χ3v) is 6.58. The van der Waals surface area contributed by atoms with Crippen molar-refractivity contribution in [3.63, 3.8) is 0 Å².